The van der Waals surface area contributed by atoms with E-state index in [4.69, 9.17) is 4.74 Å². The lowest BCUT2D eigenvalue weighted by atomic mass is 9.93. The molecule has 0 radical (unpaired) electrons. The van der Waals surface area contributed by atoms with Gasteiger partial charge in [0.25, 0.3) is 0 Å². The van der Waals surface area contributed by atoms with Crippen molar-refractivity contribution in [2.24, 2.45) is 0 Å². The molecule has 0 aromatic heterocycles. The number of hydrogen-bond acceptors (Lipinski definition) is 3. The van der Waals surface area contributed by atoms with Gasteiger partial charge in [0.15, 0.2) is 0 Å². The van der Waals surface area contributed by atoms with Gasteiger partial charge < -0.3 is 14.7 Å². The fraction of sp³-hybridized carbons (Fsp3) is 0.800. The van der Waals surface area contributed by atoms with E-state index in [2.05, 4.69) is 29.9 Å². The maximum atomic E-state index is 11.9. The van der Waals surface area contributed by atoms with Gasteiger partial charge in [-0.1, -0.05) is 11.2 Å². The zero-order chi connectivity index (χ0) is 15.6. The van der Waals surface area contributed by atoms with Gasteiger partial charge in [-0.25, -0.2) is 4.79 Å². The Labute approximate surface area is 124 Å². The van der Waals surface area contributed by atoms with E-state index in [-0.39, 0.29) is 6.09 Å². The van der Waals surface area contributed by atoms with Crippen molar-refractivity contribution < 1.29 is 14.6 Å². The lowest BCUT2D eigenvalue weighted by Gasteiger charge is -2.36. The fourth-order valence-corrected chi connectivity index (χ4v) is 2.25. The number of carbonyl (C=O) groups excluding carboxylic acids is 1. The normalized spacial score (nSPS) is 19.9. The molecule has 1 heterocycles. The lowest BCUT2D eigenvalue weighted by molar-refractivity contribution is -0.00511. The Kier molecular flexibility index (Phi) is 5.04. The molecule has 1 fully saturated rings. The molecule has 0 aliphatic carbocycles. The first-order valence-corrected chi connectivity index (χ1v) is 9.69. The summed E-state index contributed by atoms with van der Waals surface area (Å²) in [5.74, 6) is 3.01. The SMILES string of the molecule is CC(C)(C)OC(=O)N1CCC(O)(C#CS(C)(C)C)CC1. The van der Waals surface area contributed by atoms with Gasteiger partial charge in [-0.05, 0) is 39.5 Å². The number of amides is 1. The van der Waals surface area contributed by atoms with Crippen LogP contribution < -0.4 is 0 Å². The highest BCUT2D eigenvalue weighted by Gasteiger charge is 2.34. The summed E-state index contributed by atoms with van der Waals surface area (Å²) in [6.45, 7) is 6.52. The summed E-state index contributed by atoms with van der Waals surface area (Å²) in [6.07, 6.45) is 6.94. The maximum Gasteiger partial charge on any atom is 0.410 e. The molecule has 1 rings (SSSR count). The number of ether oxygens (including phenoxy) is 1. The summed E-state index contributed by atoms with van der Waals surface area (Å²) in [7, 11) is -0.942. The average molecular weight is 301 g/mol. The second-order valence-electron chi connectivity index (χ2n) is 7.06. The topological polar surface area (TPSA) is 49.8 Å². The molecular weight excluding hydrogens is 274 g/mol. The number of nitrogens with zero attached hydrogens (tertiary/aromatic N) is 1. The summed E-state index contributed by atoms with van der Waals surface area (Å²) in [5.41, 5.74) is -1.45. The first-order chi connectivity index (χ1) is 8.90. The third-order valence-corrected chi connectivity index (χ3v) is 3.55. The minimum absolute atomic E-state index is 0.311. The van der Waals surface area contributed by atoms with E-state index >= 15 is 0 Å². The molecule has 0 aromatic carbocycles. The number of hydrogen-bond donors (Lipinski definition) is 1. The first-order valence-electron chi connectivity index (χ1n) is 6.83. The molecule has 0 unspecified atom stereocenters. The average Bonchev–Trinajstić information content (AvgIpc) is 2.24. The van der Waals surface area contributed by atoms with E-state index in [0.29, 0.717) is 25.9 Å². The Bertz CT molecular complexity index is 415. The molecule has 0 atom stereocenters. The number of piperidine rings is 1. The second-order valence-corrected chi connectivity index (χ2v) is 10.9. The zero-order valence-electron chi connectivity index (χ0n) is 13.4. The molecule has 0 bridgehead atoms. The lowest BCUT2D eigenvalue weighted by Crippen LogP contribution is -2.47. The van der Waals surface area contributed by atoms with Crippen LogP contribution in [0.1, 0.15) is 33.6 Å². The van der Waals surface area contributed by atoms with Gasteiger partial charge in [0, 0.05) is 25.9 Å². The summed E-state index contributed by atoms with van der Waals surface area (Å²) in [5, 5.41) is 13.6. The minimum Gasteiger partial charge on any atom is -0.444 e. The number of likely N-dealkylation sites (tertiary alicyclic amines) is 1. The van der Waals surface area contributed by atoms with E-state index < -0.39 is 21.2 Å². The van der Waals surface area contributed by atoms with Crippen LogP contribution in [0.3, 0.4) is 0 Å². The van der Waals surface area contributed by atoms with Crippen LogP contribution in [0.5, 0.6) is 0 Å². The Hall–Kier alpha value is -0.860. The first kappa shape index (κ1) is 17.2. The van der Waals surface area contributed by atoms with E-state index in [9.17, 15) is 9.90 Å². The molecule has 1 saturated heterocycles. The highest BCUT2D eigenvalue weighted by Crippen LogP contribution is 2.33. The molecule has 0 spiro atoms. The second kappa shape index (κ2) is 5.87. The molecular formula is C15H27NO3S. The molecule has 116 valence electrons. The van der Waals surface area contributed by atoms with Crippen molar-refractivity contribution in [2.75, 3.05) is 31.9 Å². The maximum absolute atomic E-state index is 11.9. The molecule has 20 heavy (non-hydrogen) atoms. The molecule has 1 N–H and O–H groups in total. The molecule has 5 heteroatoms. The van der Waals surface area contributed by atoms with Crippen molar-refractivity contribution in [1.29, 1.82) is 0 Å². The van der Waals surface area contributed by atoms with Crippen molar-refractivity contribution in [3.05, 3.63) is 0 Å². The Balaban J connectivity index is 2.59. The van der Waals surface area contributed by atoms with Crippen LogP contribution in [-0.4, -0.2) is 59.2 Å². The van der Waals surface area contributed by atoms with Crippen LogP contribution in [0.4, 0.5) is 4.79 Å². The van der Waals surface area contributed by atoms with Crippen molar-refractivity contribution in [1.82, 2.24) is 4.90 Å². The van der Waals surface area contributed by atoms with Gasteiger partial charge >= 0.3 is 6.09 Å². The van der Waals surface area contributed by atoms with Crippen LogP contribution in [0.2, 0.25) is 0 Å². The van der Waals surface area contributed by atoms with E-state index in [1.54, 1.807) is 4.90 Å². The highest BCUT2D eigenvalue weighted by molar-refractivity contribution is 8.35. The Morgan fingerprint density at radius 2 is 1.75 bits per heavy atom. The summed E-state index contributed by atoms with van der Waals surface area (Å²) >= 11 is 0. The van der Waals surface area contributed by atoms with Crippen LogP contribution in [0.25, 0.3) is 0 Å². The predicted octanol–water partition coefficient (Wildman–Crippen LogP) is 2.40. The molecule has 0 saturated carbocycles. The van der Waals surface area contributed by atoms with Gasteiger partial charge in [0.1, 0.15) is 11.2 Å². The molecule has 1 amide bonds. The van der Waals surface area contributed by atoms with Crippen molar-refractivity contribution >= 4 is 16.1 Å². The van der Waals surface area contributed by atoms with Gasteiger partial charge in [0.2, 0.25) is 0 Å². The fourth-order valence-electron chi connectivity index (χ4n) is 1.76. The minimum atomic E-state index is -0.960. The third kappa shape index (κ3) is 6.06. The third-order valence-electron chi connectivity index (χ3n) is 2.83. The van der Waals surface area contributed by atoms with Crippen LogP contribution >= 0.6 is 10.0 Å². The highest BCUT2D eigenvalue weighted by atomic mass is 32.3. The summed E-state index contributed by atoms with van der Waals surface area (Å²) in [4.78, 5) is 13.6. The number of carbonyl (C=O) groups is 1. The van der Waals surface area contributed by atoms with Gasteiger partial charge in [-0.2, -0.15) is 10.0 Å². The largest absolute Gasteiger partial charge is 0.444 e. The zero-order valence-corrected chi connectivity index (χ0v) is 14.3. The van der Waals surface area contributed by atoms with Crippen molar-refractivity contribution in [2.45, 2.75) is 44.8 Å². The van der Waals surface area contributed by atoms with Crippen LogP contribution in [0, 0.1) is 11.2 Å². The summed E-state index contributed by atoms with van der Waals surface area (Å²) in [6, 6.07) is 0. The number of rotatable bonds is 0. The van der Waals surface area contributed by atoms with E-state index in [1.807, 2.05) is 20.8 Å². The van der Waals surface area contributed by atoms with Gasteiger partial charge in [-0.3, -0.25) is 0 Å². The summed E-state index contributed by atoms with van der Waals surface area (Å²) < 4.78 is 5.33. The van der Waals surface area contributed by atoms with Crippen LogP contribution in [0.15, 0.2) is 0 Å². The van der Waals surface area contributed by atoms with Crippen LogP contribution in [-0.2, 0) is 4.74 Å². The van der Waals surface area contributed by atoms with E-state index in [0.717, 1.165) is 0 Å². The monoisotopic (exact) mass is 301 g/mol. The Morgan fingerprint density at radius 1 is 1.25 bits per heavy atom. The molecule has 1 aliphatic rings. The molecule has 1 aliphatic heterocycles. The standard InChI is InChI=1S/C15H27NO3S/c1-14(2,3)19-13(17)16-10-7-15(18,8-11-16)9-12-20(4,5)6/h18H,7-8,10-11H2,1-6H3. The van der Waals surface area contributed by atoms with E-state index in [1.165, 1.54) is 0 Å². The van der Waals surface area contributed by atoms with Gasteiger partial charge in [-0.15, -0.1) is 0 Å². The molecule has 4 nitrogen and oxygen atoms in total. The van der Waals surface area contributed by atoms with Gasteiger partial charge in [0.05, 0.1) is 0 Å². The quantitative estimate of drug-likeness (QED) is 0.699. The predicted molar refractivity (Wildman–Crippen MR) is 85.1 cm³/mol. The molecule has 0 aromatic rings. The van der Waals surface area contributed by atoms with Crippen molar-refractivity contribution in [3.63, 3.8) is 0 Å². The number of aliphatic hydroxyl groups is 1. The smallest absolute Gasteiger partial charge is 0.410 e. The van der Waals surface area contributed by atoms with Crippen molar-refractivity contribution in [3.8, 4) is 11.2 Å². The Morgan fingerprint density at radius 3 is 2.15 bits per heavy atom.